The van der Waals surface area contributed by atoms with Crippen LogP contribution < -0.4 is 15.7 Å². The van der Waals surface area contributed by atoms with Crippen molar-refractivity contribution < 1.29 is 22.4 Å². The zero-order valence-corrected chi connectivity index (χ0v) is 15.3. The first-order chi connectivity index (χ1) is 12.4. The van der Waals surface area contributed by atoms with Crippen molar-refractivity contribution >= 4 is 26.7 Å². The third-order valence-corrected chi connectivity index (χ3v) is 6.06. The maximum absolute atomic E-state index is 11.9. The summed E-state index contributed by atoms with van der Waals surface area (Å²) in [6.07, 6.45) is 2.11. The lowest BCUT2D eigenvalue weighted by Gasteiger charge is -2.12. The Morgan fingerprint density at radius 1 is 1.35 bits per heavy atom. The normalized spacial score (nSPS) is 18.7. The van der Waals surface area contributed by atoms with Gasteiger partial charge in [-0.05, 0) is 30.5 Å². The summed E-state index contributed by atoms with van der Waals surface area (Å²) < 4.78 is 33.5. The van der Waals surface area contributed by atoms with E-state index in [0.29, 0.717) is 17.8 Å². The molecule has 1 aromatic carbocycles. The molecule has 0 unspecified atom stereocenters. The first-order valence-corrected chi connectivity index (χ1v) is 10.4. The van der Waals surface area contributed by atoms with Gasteiger partial charge in [-0.3, -0.25) is 4.79 Å². The lowest BCUT2D eigenvalue weighted by atomic mass is 10.1. The van der Waals surface area contributed by atoms with Crippen molar-refractivity contribution in [2.24, 2.45) is 0 Å². The number of sulfone groups is 1. The number of fused-ring (bicyclic) bond motifs is 1. The quantitative estimate of drug-likeness (QED) is 0.762. The molecule has 3 rings (SSSR count). The van der Waals surface area contributed by atoms with E-state index in [2.05, 4.69) is 5.32 Å². The number of nitrogens with one attached hydrogen (secondary N) is 1. The number of hydrogen-bond acceptors (Lipinski definition) is 6. The third-order valence-electron chi connectivity index (χ3n) is 4.29. The van der Waals surface area contributed by atoms with Crippen LogP contribution in [0.25, 0.3) is 11.0 Å². The van der Waals surface area contributed by atoms with E-state index >= 15 is 0 Å². The highest BCUT2D eigenvalue weighted by atomic mass is 32.2. The summed E-state index contributed by atoms with van der Waals surface area (Å²) in [6, 6.07) is 6.25. The number of ether oxygens (including phenoxy) is 1. The third kappa shape index (κ3) is 4.43. The molecule has 140 valence electrons. The molecule has 0 bridgehead atoms. The SMILES string of the molecule is CCCc1cc(=O)oc2cc(OCC(=O)N[C@@H]3CCS(=O)(=O)C3)ccc12. The Hall–Kier alpha value is -2.35. The molecule has 0 spiro atoms. The predicted molar refractivity (Wildman–Crippen MR) is 97.2 cm³/mol. The lowest BCUT2D eigenvalue weighted by Crippen LogP contribution is -2.38. The summed E-state index contributed by atoms with van der Waals surface area (Å²) in [5.74, 6) is 0.0970. The van der Waals surface area contributed by atoms with E-state index in [4.69, 9.17) is 9.15 Å². The Balaban J connectivity index is 1.66. The van der Waals surface area contributed by atoms with Crippen molar-refractivity contribution in [3.63, 3.8) is 0 Å². The van der Waals surface area contributed by atoms with E-state index in [1.165, 1.54) is 6.07 Å². The zero-order valence-electron chi connectivity index (χ0n) is 14.5. The molecule has 1 saturated heterocycles. The monoisotopic (exact) mass is 379 g/mol. The van der Waals surface area contributed by atoms with E-state index in [-0.39, 0.29) is 30.1 Å². The van der Waals surface area contributed by atoms with Gasteiger partial charge in [0.05, 0.1) is 11.5 Å². The molecule has 26 heavy (non-hydrogen) atoms. The van der Waals surface area contributed by atoms with Crippen molar-refractivity contribution in [1.82, 2.24) is 5.32 Å². The fraction of sp³-hybridized carbons (Fsp3) is 0.444. The summed E-state index contributed by atoms with van der Waals surface area (Å²) in [6.45, 7) is 1.80. The van der Waals surface area contributed by atoms with E-state index in [1.807, 2.05) is 6.92 Å². The summed E-state index contributed by atoms with van der Waals surface area (Å²) in [4.78, 5) is 23.6. The standard InChI is InChI=1S/C18H21NO6S/c1-2-3-12-8-18(21)25-16-9-14(4-5-15(12)16)24-10-17(20)19-13-6-7-26(22,23)11-13/h4-5,8-9,13H,2-3,6-7,10-11H2,1H3,(H,19,20)/t13-/m1/s1. The first kappa shape index (κ1) is 18.4. The van der Waals surface area contributed by atoms with E-state index < -0.39 is 15.5 Å². The molecule has 0 radical (unpaired) electrons. The first-order valence-electron chi connectivity index (χ1n) is 8.55. The largest absolute Gasteiger partial charge is 0.484 e. The van der Waals surface area contributed by atoms with Crippen molar-refractivity contribution in [1.29, 1.82) is 0 Å². The van der Waals surface area contributed by atoms with Crippen LogP contribution in [-0.2, 0) is 21.1 Å². The van der Waals surface area contributed by atoms with Gasteiger partial charge in [-0.1, -0.05) is 13.3 Å². The molecule has 0 saturated carbocycles. The minimum Gasteiger partial charge on any atom is -0.484 e. The highest BCUT2D eigenvalue weighted by Crippen LogP contribution is 2.23. The van der Waals surface area contributed by atoms with Gasteiger partial charge in [0.15, 0.2) is 16.4 Å². The van der Waals surface area contributed by atoms with Crippen LogP contribution in [0, 0.1) is 0 Å². The van der Waals surface area contributed by atoms with Gasteiger partial charge in [0.1, 0.15) is 11.3 Å². The molecule has 2 heterocycles. The van der Waals surface area contributed by atoms with Gasteiger partial charge in [0, 0.05) is 23.6 Å². The van der Waals surface area contributed by atoms with Gasteiger partial charge in [0.2, 0.25) is 0 Å². The predicted octanol–water partition coefficient (Wildman–Crippen LogP) is 1.43. The summed E-state index contributed by atoms with van der Waals surface area (Å²) >= 11 is 0. The zero-order chi connectivity index (χ0) is 18.7. The maximum Gasteiger partial charge on any atom is 0.336 e. The van der Waals surface area contributed by atoms with Gasteiger partial charge in [-0.25, -0.2) is 13.2 Å². The van der Waals surface area contributed by atoms with E-state index in [1.54, 1.807) is 18.2 Å². The average molecular weight is 379 g/mol. The molecule has 7 nitrogen and oxygen atoms in total. The molecule has 2 aromatic rings. The second-order valence-electron chi connectivity index (χ2n) is 6.45. The number of amides is 1. The topological polar surface area (TPSA) is 103 Å². The molecule has 1 N–H and O–H groups in total. The van der Waals surface area contributed by atoms with Crippen LogP contribution in [0.1, 0.15) is 25.3 Å². The minimum atomic E-state index is -3.04. The summed E-state index contributed by atoms with van der Waals surface area (Å²) in [5, 5.41) is 3.51. The fourth-order valence-corrected chi connectivity index (χ4v) is 4.78. The van der Waals surface area contributed by atoms with E-state index in [0.717, 1.165) is 23.8 Å². The molecule has 1 aliphatic rings. The molecule has 8 heteroatoms. The number of benzene rings is 1. The Bertz CT molecular complexity index is 979. The molecule has 1 fully saturated rings. The number of aryl methyl sites for hydroxylation is 1. The number of rotatable bonds is 6. The van der Waals surface area contributed by atoms with Crippen molar-refractivity contribution in [2.45, 2.75) is 32.2 Å². The Labute approximate surface area is 151 Å². The molecule has 1 atom stereocenters. The molecular weight excluding hydrogens is 358 g/mol. The highest BCUT2D eigenvalue weighted by Gasteiger charge is 2.28. The van der Waals surface area contributed by atoms with Crippen LogP contribution in [0.3, 0.4) is 0 Å². The van der Waals surface area contributed by atoms with Crippen molar-refractivity contribution in [3.8, 4) is 5.75 Å². The van der Waals surface area contributed by atoms with Crippen LogP contribution >= 0.6 is 0 Å². The number of carbonyl (C=O) groups excluding carboxylic acids is 1. The average Bonchev–Trinajstić information content (AvgIpc) is 2.91. The number of hydrogen-bond donors (Lipinski definition) is 1. The minimum absolute atomic E-state index is 0.0277. The fourth-order valence-electron chi connectivity index (χ4n) is 3.10. The van der Waals surface area contributed by atoms with E-state index in [9.17, 15) is 18.0 Å². The second-order valence-corrected chi connectivity index (χ2v) is 8.68. The molecule has 0 aliphatic carbocycles. The Morgan fingerprint density at radius 3 is 2.85 bits per heavy atom. The molecular formula is C18H21NO6S. The van der Waals surface area contributed by atoms with Gasteiger partial charge in [0.25, 0.3) is 5.91 Å². The smallest absolute Gasteiger partial charge is 0.336 e. The van der Waals surface area contributed by atoms with Crippen molar-refractivity contribution in [3.05, 3.63) is 40.2 Å². The highest BCUT2D eigenvalue weighted by molar-refractivity contribution is 7.91. The van der Waals surface area contributed by atoms with Crippen molar-refractivity contribution in [2.75, 3.05) is 18.1 Å². The summed E-state index contributed by atoms with van der Waals surface area (Å²) in [5.41, 5.74) is 0.921. The maximum atomic E-state index is 11.9. The number of carbonyl (C=O) groups is 1. The van der Waals surface area contributed by atoms with Gasteiger partial charge >= 0.3 is 5.63 Å². The van der Waals surface area contributed by atoms with Crippen LogP contribution in [0.2, 0.25) is 0 Å². The van der Waals surface area contributed by atoms with Crippen LogP contribution in [-0.4, -0.2) is 38.5 Å². The summed E-state index contributed by atoms with van der Waals surface area (Å²) in [7, 11) is -3.04. The van der Waals surface area contributed by atoms with Gasteiger partial charge < -0.3 is 14.5 Å². The Morgan fingerprint density at radius 2 is 2.15 bits per heavy atom. The Kier molecular flexibility index (Phi) is 5.31. The van der Waals surface area contributed by atoms with Crippen LogP contribution in [0.15, 0.2) is 33.5 Å². The molecule has 1 aliphatic heterocycles. The molecule has 1 aromatic heterocycles. The van der Waals surface area contributed by atoms with Crippen LogP contribution in [0.4, 0.5) is 0 Å². The van der Waals surface area contributed by atoms with Gasteiger partial charge in [-0.2, -0.15) is 0 Å². The molecule has 1 amide bonds. The lowest BCUT2D eigenvalue weighted by molar-refractivity contribution is -0.123. The second kappa shape index (κ2) is 7.49. The van der Waals surface area contributed by atoms with Gasteiger partial charge in [-0.15, -0.1) is 0 Å². The van der Waals surface area contributed by atoms with Crippen LogP contribution in [0.5, 0.6) is 5.75 Å².